The highest BCUT2D eigenvalue weighted by Crippen LogP contribution is 2.52. The van der Waals surface area contributed by atoms with Crippen molar-refractivity contribution in [2.24, 2.45) is 0 Å². The molecule has 0 amide bonds. The highest BCUT2D eigenvalue weighted by molar-refractivity contribution is 8.29. The SMILES string of the molecule is CCCCCCCS(F)(CCCCCCC)CCCCCCC. The molecule has 0 aromatic carbocycles. The number of hydrogen-bond acceptors (Lipinski definition) is 0. The fourth-order valence-corrected chi connectivity index (χ4v) is 5.98. The lowest BCUT2D eigenvalue weighted by molar-refractivity contribution is 0.638. The van der Waals surface area contributed by atoms with Gasteiger partial charge in [-0.3, -0.25) is 0 Å². The minimum atomic E-state index is -1.80. The van der Waals surface area contributed by atoms with E-state index in [9.17, 15) is 0 Å². The molecule has 0 saturated carbocycles. The highest BCUT2D eigenvalue weighted by Gasteiger charge is 2.21. The Bertz CT molecular complexity index is 194. The third kappa shape index (κ3) is 15.5. The molecular weight excluding hydrogens is 303 g/mol. The Morgan fingerprint density at radius 1 is 0.435 bits per heavy atom. The van der Waals surface area contributed by atoms with E-state index in [4.69, 9.17) is 0 Å². The Morgan fingerprint density at radius 3 is 0.957 bits per heavy atom. The zero-order valence-electron chi connectivity index (χ0n) is 16.5. The van der Waals surface area contributed by atoms with E-state index in [-0.39, 0.29) is 0 Å². The molecule has 0 bridgehead atoms. The third-order valence-electron chi connectivity index (χ3n) is 4.84. The van der Waals surface area contributed by atoms with E-state index in [0.29, 0.717) is 0 Å². The molecule has 0 aromatic rings. The first-order valence-electron chi connectivity index (χ1n) is 10.6. The van der Waals surface area contributed by atoms with E-state index < -0.39 is 10.4 Å². The van der Waals surface area contributed by atoms with Gasteiger partial charge in [-0.2, -0.15) is 3.89 Å². The van der Waals surface area contributed by atoms with Crippen LogP contribution in [0.5, 0.6) is 0 Å². The van der Waals surface area contributed by atoms with E-state index in [1.807, 2.05) is 0 Å². The summed E-state index contributed by atoms with van der Waals surface area (Å²) >= 11 is 0. The van der Waals surface area contributed by atoms with Crippen molar-refractivity contribution in [3.05, 3.63) is 0 Å². The van der Waals surface area contributed by atoms with Crippen molar-refractivity contribution in [3.63, 3.8) is 0 Å². The van der Waals surface area contributed by atoms with Crippen molar-refractivity contribution in [3.8, 4) is 0 Å². The van der Waals surface area contributed by atoms with Crippen LogP contribution in [0.4, 0.5) is 3.89 Å². The summed E-state index contributed by atoms with van der Waals surface area (Å²) in [5.74, 6) is 2.70. The predicted molar refractivity (Wildman–Crippen MR) is 110 cm³/mol. The van der Waals surface area contributed by atoms with Gasteiger partial charge in [0.2, 0.25) is 0 Å². The fraction of sp³-hybridized carbons (Fsp3) is 1.00. The molecule has 23 heavy (non-hydrogen) atoms. The van der Waals surface area contributed by atoms with Crippen LogP contribution in [0.2, 0.25) is 0 Å². The second-order valence-corrected chi connectivity index (χ2v) is 10.4. The molecular formula is C21H45FS. The summed E-state index contributed by atoms with van der Waals surface area (Å²) in [4.78, 5) is 0. The lowest BCUT2D eigenvalue weighted by Gasteiger charge is -2.31. The number of rotatable bonds is 18. The molecule has 0 aliphatic rings. The van der Waals surface area contributed by atoms with E-state index in [1.54, 1.807) is 0 Å². The average molecular weight is 349 g/mol. The normalized spacial score (nSPS) is 12.7. The quantitative estimate of drug-likeness (QED) is 0.217. The topological polar surface area (TPSA) is 0 Å². The van der Waals surface area contributed by atoms with E-state index >= 15 is 3.89 Å². The van der Waals surface area contributed by atoms with Crippen LogP contribution < -0.4 is 0 Å². The molecule has 0 unspecified atom stereocenters. The minimum Gasteiger partial charge on any atom is -0.189 e. The predicted octanol–water partition coefficient (Wildman–Crippen LogP) is 8.59. The fourth-order valence-electron chi connectivity index (χ4n) is 3.20. The summed E-state index contributed by atoms with van der Waals surface area (Å²) in [6, 6.07) is 0. The molecule has 0 fully saturated rings. The summed E-state index contributed by atoms with van der Waals surface area (Å²) in [7, 11) is -1.80. The van der Waals surface area contributed by atoms with Crippen LogP contribution in [-0.2, 0) is 0 Å². The molecule has 0 atom stereocenters. The van der Waals surface area contributed by atoms with Crippen LogP contribution in [0.1, 0.15) is 117 Å². The van der Waals surface area contributed by atoms with Gasteiger partial charge in [0.25, 0.3) is 0 Å². The van der Waals surface area contributed by atoms with Crippen molar-refractivity contribution >= 4 is 10.4 Å². The summed E-state index contributed by atoms with van der Waals surface area (Å²) in [5, 5.41) is 0. The maximum absolute atomic E-state index is 15.4. The van der Waals surface area contributed by atoms with Gasteiger partial charge in [-0.05, 0) is 19.3 Å². The van der Waals surface area contributed by atoms with Gasteiger partial charge in [0, 0.05) is 17.3 Å². The molecule has 0 aromatic heterocycles. The molecule has 142 valence electrons. The first-order chi connectivity index (χ1) is 11.2. The summed E-state index contributed by atoms with van der Waals surface area (Å²) < 4.78 is 15.4. The van der Waals surface area contributed by atoms with Crippen molar-refractivity contribution < 1.29 is 3.89 Å². The maximum atomic E-state index is 15.4. The van der Waals surface area contributed by atoms with Crippen molar-refractivity contribution in [1.82, 2.24) is 0 Å². The van der Waals surface area contributed by atoms with Gasteiger partial charge in [-0.15, -0.1) is 0 Å². The zero-order valence-corrected chi connectivity index (χ0v) is 17.3. The van der Waals surface area contributed by atoms with Gasteiger partial charge in [0.15, 0.2) is 0 Å². The number of hydrogen-bond donors (Lipinski definition) is 0. The second-order valence-electron chi connectivity index (χ2n) is 7.29. The third-order valence-corrected chi connectivity index (χ3v) is 7.90. The van der Waals surface area contributed by atoms with E-state index in [2.05, 4.69) is 20.8 Å². The standard InChI is InChI=1S/C21H45FS/c1-4-7-10-13-16-19-23(22,20-17-14-11-8-5-2)21-18-15-12-9-6-3/h4-21H2,1-3H3. The van der Waals surface area contributed by atoms with Crippen LogP contribution >= 0.6 is 10.4 Å². The van der Waals surface area contributed by atoms with Crippen LogP contribution in [0.15, 0.2) is 0 Å². The number of halogens is 1. The van der Waals surface area contributed by atoms with Crippen LogP contribution in [0.3, 0.4) is 0 Å². The second kappa shape index (κ2) is 17.1. The molecule has 0 aliphatic carbocycles. The van der Waals surface area contributed by atoms with Gasteiger partial charge in [0.05, 0.1) is 0 Å². The van der Waals surface area contributed by atoms with Gasteiger partial charge in [0.1, 0.15) is 0 Å². The van der Waals surface area contributed by atoms with Crippen molar-refractivity contribution in [1.29, 1.82) is 0 Å². The molecule has 0 saturated heterocycles. The van der Waals surface area contributed by atoms with Gasteiger partial charge >= 0.3 is 0 Å². The summed E-state index contributed by atoms with van der Waals surface area (Å²) in [6.45, 7) is 6.74. The minimum absolute atomic E-state index is 0.901. The summed E-state index contributed by atoms with van der Waals surface area (Å²) in [5.41, 5.74) is 0. The average Bonchev–Trinajstić information content (AvgIpc) is 2.54. The zero-order chi connectivity index (χ0) is 17.2. The first kappa shape index (κ1) is 23.3. The molecule has 0 radical (unpaired) electrons. The van der Waals surface area contributed by atoms with Crippen LogP contribution in [-0.4, -0.2) is 17.3 Å². The van der Waals surface area contributed by atoms with Gasteiger partial charge < -0.3 is 0 Å². The molecule has 2 heteroatoms. The Morgan fingerprint density at radius 2 is 0.696 bits per heavy atom. The number of unbranched alkanes of at least 4 members (excludes halogenated alkanes) is 12. The van der Waals surface area contributed by atoms with E-state index in [1.165, 1.54) is 77.0 Å². The monoisotopic (exact) mass is 348 g/mol. The van der Waals surface area contributed by atoms with Gasteiger partial charge in [-0.1, -0.05) is 108 Å². The molecule has 0 nitrogen and oxygen atoms in total. The van der Waals surface area contributed by atoms with Crippen LogP contribution in [0, 0.1) is 0 Å². The smallest absolute Gasteiger partial charge is 0.00357 e. The maximum Gasteiger partial charge on any atom is 0.00357 e. The Labute approximate surface area is 149 Å². The first-order valence-corrected chi connectivity index (χ1v) is 12.7. The lowest BCUT2D eigenvalue weighted by Crippen LogP contribution is -2.09. The molecule has 0 N–H and O–H groups in total. The van der Waals surface area contributed by atoms with Crippen molar-refractivity contribution in [2.45, 2.75) is 117 Å². The largest absolute Gasteiger partial charge is 0.189 e. The van der Waals surface area contributed by atoms with Crippen molar-refractivity contribution in [2.75, 3.05) is 17.3 Å². The lowest BCUT2D eigenvalue weighted by atomic mass is 10.2. The Balaban J connectivity index is 4.00. The Hall–Kier alpha value is 0.280. The van der Waals surface area contributed by atoms with Crippen LogP contribution in [0.25, 0.3) is 0 Å². The van der Waals surface area contributed by atoms with E-state index in [0.717, 1.165) is 36.5 Å². The Kier molecular flexibility index (Phi) is 17.3. The highest BCUT2D eigenvalue weighted by atomic mass is 32.3. The summed E-state index contributed by atoms with van der Waals surface area (Å²) in [6.07, 6.45) is 18.9. The molecule has 0 rings (SSSR count). The van der Waals surface area contributed by atoms with Gasteiger partial charge in [-0.25, -0.2) is 0 Å². The molecule has 0 aliphatic heterocycles. The molecule has 0 spiro atoms. The molecule has 0 heterocycles.